The van der Waals surface area contributed by atoms with E-state index in [9.17, 15) is 0 Å². The van der Waals surface area contributed by atoms with E-state index in [-0.39, 0.29) is 0 Å². The summed E-state index contributed by atoms with van der Waals surface area (Å²) in [6.07, 6.45) is 1.67. The molecule has 6 rings (SSSR count). The van der Waals surface area contributed by atoms with Crippen molar-refractivity contribution in [1.82, 2.24) is 0 Å². The van der Waals surface area contributed by atoms with Gasteiger partial charge in [0.25, 0.3) is 0 Å². The van der Waals surface area contributed by atoms with Crippen LogP contribution in [0.3, 0.4) is 0 Å². The van der Waals surface area contributed by atoms with Crippen LogP contribution in [0.15, 0.2) is 133 Å². The van der Waals surface area contributed by atoms with Crippen molar-refractivity contribution in [2.45, 2.75) is 40.5 Å². The van der Waals surface area contributed by atoms with Gasteiger partial charge in [0.1, 0.15) is 22.9 Å². The molecule has 6 aromatic rings. The minimum absolute atomic E-state index is 0.559. The van der Waals surface area contributed by atoms with Gasteiger partial charge in [0, 0.05) is 22.7 Å². The Morgan fingerprint density at radius 3 is 0.980 bits per heavy atom. The normalized spacial score (nSPS) is 10.7. The van der Waals surface area contributed by atoms with Crippen molar-refractivity contribution in [1.29, 1.82) is 0 Å². The second-order valence-corrected chi connectivity index (χ2v) is 12.7. The molecule has 0 spiro atoms. The average molecular weight is 663 g/mol. The van der Waals surface area contributed by atoms with Crippen LogP contribution in [0, 0.1) is 27.7 Å². The lowest BCUT2D eigenvalue weighted by Crippen LogP contribution is -2.06. The van der Waals surface area contributed by atoms with E-state index in [0.29, 0.717) is 13.2 Å². The van der Waals surface area contributed by atoms with Gasteiger partial charge in [0.15, 0.2) is 0 Å². The van der Waals surface area contributed by atoms with Gasteiger partial charge in [0.05, 0.1) is 24.6 Å². The quantitative estimate of drug-likeness (QED) is 0.0821. The number of hydrogen-bond acceptors (Lipinski definition) is 6. The zero-order chi connectivity index (χ0) is 34.7. The summed E-state index contributed by atoms with van der Waals surface area (Å²) in [6.45, 7) is 9.49. The van der Waals surface area contributed by atoms with Crippen LogP contribution in [-0.2, 0) is 0 Å². The number of ether oxygens (including phenoxy) is 2. The van der Waals surface area contributed by atoms with Crippen molar-refractivity contribution < 1.29 is 9.47 Å². The maximum atomic E-state index is 6.41. The maximum absolute atomic E-state index is 6.41. The van der Waals surface area contributed by atoms with Crippen molar-refractivity contribution >= 4 is 45.5 Å². The molecule has 4 N–H and O–H groups in total. The molecule has 0 aliphatic carbocycles. The SMILES string of the molecule is Cc1ccc(Nc2cccc(OCCCCOc3cccc(Nc4ccc(C)cc4)c3Nc3ccc(C)cc3)c2Nc2ccc(C)cc2)cc1. The van der Waals surface area contributed by atoms with E-state index in [4.69, 9.17) is 9.47 Å². The van der Waals surface area contributed by atoms with Crippen LogP contribution in [0.4, 0.5) is 45.5 Å². The number of benzene rings is 6. The summed E-state index contributed by atoms with van der Waals surface area (Å²) in [4.78, 5) is 0. The Labute approximate surface area is 296 Å². The van der Waals surface area contributed by atoms with Crippen molar-refractivity contribution in [3.05, 3.63) is 156 Å². The molecule has 254 valence electrons. The summed E-state index contributed by atoms with van der Waals surface area (Å²) in [5, 5.41) is 14.4. The van der Waals surface area contributed by atoms with Crippen molar-refractivity contribution in [2.24, 2.45) is 0 Å². The molecule has 0 atom stereocenters. The van der Waals surface area contributed by atoms with Crippen LogP contribution in [0.1, 0.15) is 35.1 Å². The first kappa shape index (κ1) is 34.0. The van der Waals surface area contributed by atoms with Gasteiger partial charge in [0.2, 0.25) is 0 Å². The van der Waals surface area contributed by atoms with Gasteiger partial charge in [-0.15, -0.1) is 0 Å². The first-order valence-corrected chi connectivity index (χ1v) is 17.3. The van der Waals surface area contributed by atoms with E-state index in [1.807, 2.05) is 24.3 Å². The Hall–Kier alpha value is -5.88. The van der Waals surface area contributed by atoms with E-state index >= 15 is 0 Å². The van der Waals surface area contributed by atoms with E-state index in [2.05, 4.69) is 158 Å². The van der Waals surface area contributed by atoms with Crippen molar-refractivity contribution in [2.75, 3.05) is 34.5 Å². The number of unbranched alkanes of at least 4 members (excludes halogenated alkanes) is 1. The van der Waals surface area contributed by atoms with Crippen LogP contribution < -0.4 is 30.7 Å². The molecule has 0 amide bonds. The predicted octanol–water partition coefficient (Wildman–Crippen LogP) is 12.1. The van der Waals surface area contributed by atoms with Gasteiger partial charge in [-0.3, -0.25) is 0 Å². The Morgan fingerprint density at radius 1 is 0.360 bits per heavy atom. The Morgan fingerprint density at radius 2 is 0.660 bits per heavy atom. The summed E-state index contributed by atoms with van der Waals surface area (Å²) in [7, 11) is 0. The van der Waals surface area contributed by atoms with Gasteiger partial charge >= 0.3 is 0 Å². The highest BCUT2D eigenvalue weighted by Gasteiger charge is 2.13. The lowest BCUT2D eigenvalue weighted by Gasteiger charge is -2.19. The fourth-order valence-electron chi connectivity index (χ4n) is 5.48. The fourth-order valence-corrected chi connectivity index (χ4v) is 5.48. The molecule has 0 bridgehead atoms. The first-order valence-electron chi connectivity index (χ1n) is 17.3. The molecule has 0 saturated carbocycles. The molecule has 0 radical (unpaired) electrons. The fraction of sp³-hybridized carbons (Fsp3) is 0.182. The number of para-hydroxylation sites is 2. The topological polar surface area (TPSA) is 66.6 Å². The maximum Gasteiger partial charge on any atom is 0.144 e. The van der Waals surface area contributed by atoms with Crippen LogP contribution in [0.5, 0.6) is 11.5 Å². The van der Waals surface area contributed by atoms with Crippen molar-refractivity contribution in [3.63, 3.8) is 0 Å². The van der Waals surface area contributed by atoms with Crippen LogP contribution in [-0.4, -0.2) is 13.2 Å². The first-order chi connectivity index (χ1) is 24.4. The second kappa shape index (κ2) is 16.5. The molecule has 0 aliphatic rings. The minimum Gasteiger partial charge on any atom is -0.491 e. The molecule has 0 unspecified atom stereocenters. The van der Waals surface area contributed by atoms with Crippen LogP contribution >= 0.6 is 0 Å². The van der Waals surface area contributed by atoms with E-state index in [0.717, 1.165) is 69.8 Å². The average Bonchev–Trinajstić information content (AvgIpc) is 3.12. The number of aryl methyl sites for hydroxylation is 4. The number of nitrogens with one attached hydrogen (secondary N) is 4. The molecular weight excluding hydrogens is 617 g/mol. The summed E-state index contributed by atoms with van der Waals surface area (Å²) >= 11 is 0. The Bertz CT molecular complexity index is 1820. The van der Waals surface area contributed by atoms with Crippen LogP contribution in [0.2, 0.25) is 0 Å². The third-order valence-corrected chi connectivity index (χ3v) is 8.41. The van der Waals surface area contributed by atoms with Gasteiger partial charge in [-0.05, 0) is 113 Å². The van der Waals surface area contributed by atoms with Gasteiger partial charge in [-0.2, -0.15) is 0 Å². The van der Waals surface area contributed by atoms with E-state index in [1.54, 1.807) is 0 Å². The molecule has 0 aromatic heterocycles. The third-order valence-electron chi connectivity index (χ3n) is 8.41. The monoisotopic (exact) mass is 662 g/mol. The largest absolute Gasteiger partial charge is 0.491 e. The molecule has 6 nitrogen and oxygen atoms in total. The van der Waals surface area contributed by atoms with Crippen molar-refractivity contribution in [3.8, 4) is 11.5 Å². The molecule has 6 aromatic carbocycles. The Kier molecular flexibility index (Phi) is 11.2. The summed E-state index contributed by atoms with van der Waals surface area (Å²) in [5.41, 5.74) is 12.6. The summed E-state index contributed by atoms with van der Waals surface area (Å²) in [5.74, 6) is 1.59. The van der Waals surface area contributed by atoms with E-state index < -0.39 is 0 Å². The second-order valence-electron chi connectivity index (χ2n) is 12.7. The molecule has 0 saturated heterocycles. The molecule has 6 heteroatoms. The van der Waals surface area contributed by atoms with Crippen LogP contribution in [0.25, 0.3) is 0 Å². The number of anilines is 8. The van der Waals surface area contributed by atoms with Gasteiger partial charge in [-0.25, -0.2) is 0 Å². The summed E-state index contributed by atoms with van der Waals surface area (Å²) in [6, 6.07) is 45.8. The zero-order valence-corrected chi connectivity index (χ0v) is 29.3. The predicted molar refractivity (Wildman–Crippen MR) is 211 cm³/mol. The van der Waals surface area contributed by atoms with E-state index in [1.165, 1.54) is 22.3 Å². The highest BCUT2D eigenvalue weighted by molar-refractivity contribution is 5.84. The highest BCUT2D eigenvalue weighted by Crippen LogP contribution is 2.39. The zero-order valence-electron chi connectivity index (χ0n) is 29.3. The lowest BCUT2D eigenvalue weighted by atomic mass is 10.2. The molecule has 0 heterocycles. The molecule has 50 heavy (non-hydrogen) atoms. The Balaban J connectivity index is 1.11. The standard InChI is InChI=1S/C44H46N4O2/c1-31-13-21-35(22-14-31)45-39-9-7-11-41(43(39)47-37-25-17-33(3)18-26-37)49-29-5-6-30-50-42-12-8-10-40(46-36-23-15-32(2)16-24-36)44(42)48-38-27-19-34(4)20-28-38/h7-28,45-48H,5-6,29-30H2,1-4H3. The summed E-state index contributed by atoms with van der Waals surface area (Å²) < 4.78 is 12.8. The molecule has 0 aliphatic heterocycles. The smallest absolute Gasteiger partial charge is 0.144 e. The lowest BCUT2D eigenvalue weighted by molar-refractivity contribution is 0.268. The van der Waals surface area contributed by atoms with Gasteiger partial charge in [-0.1, -0.05) is 82.9 Å². The third kappa shape index (κ3) is 9.38. The number of rotatable bonds is 15. The number of hydrogen-bond donors (Lipinski definition) is 4. The van der Waals surface area contributed by atoms with Gasteiger partial charge < -0.3 is 30.7 Å². The molecular formula is C44H46N4O2. The molecule has 0 fully saturated rings. The minimum atomic E-state index is 0.559. The highest BCUT2D eigenvalue weighted by atomic mass is 16.5.